The molecule has 0 aliphatic carbocycles. The molecule has 0 radical (unpaired) electrons. The summed E-state index contributed by atoms with van der Waals surface area (Å²) >= 11 is 0. The van der Waals surface area contributed by atoms with Crippen molar-refractivity contribution in [1.82, 2.24) is 4.90 Å². The smallest absolute Gasteiger partial charge is 0.410 e. The Morgan fingerprint density at radius 1 is 1.39 bits per heavy atom. The SMILES string of the molecule is O=C(O)N1CCCC(F)(F)C1Oc1ccccc1. The van der Waals surface area contributed by atoms with E-state index < -0.39 is 18.2 Å². The largest absolute Gasteiger partial charge is 0.465 e. The van der Waals surface area contributed by atoms with Crippen LogP contribution in [-0.2, 0) is 0 Å². The molecule has 2 rings (SSSR count). The summed E-state index contributed by atoms with van der Waals surface area (Å²) in [5, 5.41) is 8.93. The zero-order chi connectivity index (χ0) is 13.2. The molecular formula is C12H13F2NO3. The van der Waals surface area contributed by atoms with E-state index in [2.05, 4.69) is 0 Å². The van der Waals surface area contributed by atoms with Gasteiger partial charge in [-0.05, 0) is 18.6 Å². The predicted molar refractivity (Wildman–Crippen MR) is 59.8 cm³/mol. The highest BCUT2D eigenvalue weighted by molar-refractivity contribution is 5.65. The van der Waals surface area contributed by atoms with Gasteiger partial charge < -0.3 is 9.84 Å². The van der Waals surface area contributed by atoms with E-state index in [-0.39, 0.29) is 25.1 Å². The maximum atomic E-state index is 13.7. The van der Waals surface area contributed by atoms with Crippen molar-refractivity contribution in [2.24, 2.45) is 0 Å². The minimum Gasteiger partial charge on any atom is -0.465 e. The molecule has 1 unspecified atom stereocenters. The third-order valence-electron chi connectivity index (χ3n) is 2.79. The van der Waals surface area contributed by atoms with Crippen molar-refractivity contribution in [3.05, 3.63) is 30.3 Å². The van der Waals surface area contributed by atoms with Crippen molar-refractivity contribution < 1.29 is 23.4 Å². The molecule has 1 saturated heterocycles. The molecule has 1 aliphatic heterocycles. The van der Waals surface area contributed by atoms with Gasteiger partial charge >= 0.3 is 12.0 Å². The van der Waals surface area contributed by atoms with E-state index in [9.17, 15) is 13.6 Å². The summed E-state index contributed by atoms with van der Waals surface area (Å²) in [7, 11) is 0. The van der Waals surface area contributed by atoms with E-state index >= 15 is 0 Å². The van der Waals surface area contributed by atoms with E-state index in [1.807, 2.05) is 0 Å². The van der Waals surface area contributed by atoms with Crippen molar-refractivity contribution in [2.75, 3.05) is 6.54 Å². The zero-order valence-corrected chi connectivity index (χ0v) is 9.55. The molecule has 0 aromatic heterocycles. The lowest BCUT2D eigenvalue weighted by molar-refractivity contribution is -0.175. The molecule has 1 aromatic carbocycles. The Morgan fingerprint density at radius 3 is 2.67 bits per heavy atom. The summed E-state index contributed by atoms with van der Waals surface area (Å²) in [6, 6.07) is 8.04. The number of amides is 1. The second-order valence-corrected chi connectivity index (χ2v) is 4.12. The molecule has 1 amide bonds. The molecule has 1 atom stereocenters. The van der Waals surface area contributed by atoms with Crippen molar-refractivity contribution >= 4 is 6.09 Å². The van der Waals surface area contributed by atoms with Crippen LogP contribution in [0.5, 0.6) is 5.75 Å². The second kappa shape index (κ2) is 4.80. The highest BCUT2D eigenvalue weighted by Gasteiger charge is 2.49. The summed E-state index contributed by atoms with van der Waals surface area (Å²) in [5.41, 5.74) is 0. The Balaban J connectivity index is 2.21. The number of hydrogen-bond donors (Lipinski definition) is 1. The molecular weight excluding hydrogens is 244 g/mol. The fourth-order valence-corrected chi connectivity index (χ4v) is 1.93. The molecule has 1 fully saturated rings. The van der Waals surface area contributed by atoms with Gasteiger partial charge in [0.1, 0.15) is 5.75 Å². The van der Waals surface area contributed by atoms with Crippen LogP contribution < -0.4 is 4.74 Å². The highest BCUT2D eigenvalue weighted by atomic mass is 19.3. The Kier molecular flexibility index (Phi) is 3.36. The lowest BCUT2D eigenvalue weighted by Crippen LogP contribution is -2.57. The average molecular weight is 257 g/mol. The van der Waals surface area contributed by atoms with Crippen LogP contribution in [0, 0.1) is 0 Å². The molecule has 0 spiro atoms. The van der Waals surface area contributed by atoms with Crippen LogP contribution in [0.2, 0.25) is 0 Å². The van der Waals surface area contributed by atoms with Gasteiger partial charge in [0.25, 0.3) is 0 Å². The van der Waals surface area contributed by atoms with Crippen molar-refractivity contribution in [2.45, 2.75) is 25.0 Å². The summed E-state index contributed by atoms with van der Waals surface area (Å²) in [4.78, 5) is 11.6. The van der Waals surface area contributed by atoms with Crippen molar-refractivity contribution in [3.63, 3.8) is 0 Å². The highest BCUT2D eigenvalue weighted by Crippen LogP contribution is 2.34. The van der Waals surface area contributed by atoms with Crippen LogP contribution in [0.1, 0.15) is 12.8 Å². The van der Waals surface area contributed by atoms with Crippen LogP contribution in [-0.4, -0.2) is 34.8 Å². The van der Waals surface area contributed by atoms with E-state index in [0.717, 1.165) is 0 Å². The van der Waals surface area contributed by atoms with Gasteiger partial charge in [-0.15, -0.1) is 0 Å². The zero-order valence-electron chi connectivity index (χ0n) is 9.55. The van der Waals surface area contributed by atoms with Gasteiger partial charge in [0.15, 0.2) is 0 Å². The van der Waals surface area contributed by atoms with Gasteiger partial charge in [-0.25, -0.2) is 13.6 Å². The number of nitrogens with zero attached hydrogens (tertiary/aromatic N) is 1. The number of benzene rings is 1. The molecule has 4 nitrogen and oxygen atoms in total. The summed E-state index contributed by atoms with van der Waals surface area (Å²) in [5.74, 6) is -2.94. The minimum atomic E-state index is -3.17. The molecule has 18 heavy (non-hydrogen) atoms. The van der Waals surface area contributed by atoms with Crippen LogP contribution in [0.15, 0.2) is 30.3 Å². The Hall–Kier alpha value is -1.85. The number of carboxylic acid groups (broad SMARTS) is 1. The number of rotatable bonds is 2. The van der Waals surface area contributed by atoms with Crippen LogP contribution in [0.25, 0.3) is 0 Å². The van der Waals surface area contributed by atoms with Gasteiger partial charge in [0.2, 0.25) is 6.23 Å². The number of ether oxygens (including phenoxy) is 1. The Bertz CT molecular complexity index is 425. The molecule has 1 N–H and O–H groups in total. The number of hydrogen-bond acceptors (Lipinski definition) is 2. The molecule has 98 valence electrons. The summed E-state index contributed by atoms with van der Waals surface area (Å²) in [6.07, 6.45) is -3.39. The lowest BCUT2D eigenvalue weighted by Gasteiger charge is -2.38. The van der Waals surface area contributed by atoms with E-state index in [1.54, 1.807) is 18.2 Å². The van der Waals surface area contributed by atoms with Crippen LogP contribution >= 0.6 is 0 Å². The maximum absolute atomic E-state index is 13.7. The van der Waals surface area contributed by atoms with Gasteiger partial charge in [-0.1, -0.05) is 18.2 Å². The van der Waals surface area contributed by atoms with Gasteiger partial charge in [-0.3, -0.25) is 4.90 Å². The number of carbonyl (C=O) groups is 1. The Morgan fingerprint density at radius 2 is 2.06 bits per heavy atom. The first kappa shape index (κ1) is 12.6. The first-order valence-electron chi connectivity index (χ1n) is 5.60. The first-order valence-corrected chi connectivity index (χ1v) is 5.60. The average Bonchev–Trinajstić information content (AvgIpc) is 2.32. The van der Waals surface area contributed by atoms with Gasteiger partial charge in [0, 0.05) is 13.0 Å². The molecule has 1 aliphatic rings. The minimum absolute atomic E-state index is 0.0580. The normalized spacial score (nSPS) is 22.6. The number of piperidine rings is 1. The quantitative estimate of drug-likeness (QED) is 0.886. The maximum Gasteiger partial charge on any atom is 0.410 e. The molecule has 0 saturated carbocycles. The number of halogens is 2. The lowest BCUT2D eigenvalue weighted by atomic mass is 10.1. The molecule has 1 aromatic rings. The monoisotopic (exact) mass is 257 g/mol. The van der Waals surface area contributed by atoms with Crippen LogP contribution in [0.3, 0.4) is 0 Å². The van der Waals surface area contributed by atoms with Crippen molar-refractivity contribution in [3.8, 4) is 5.75 Å². The van der Waals surface area contributed by atoms with Gasteiger partial charge in [-0.2, -0.15) is 0 Å². The van der Waals surface area contributed by atoms with Crippen LogP contribution in [0.4, 0.5) is 13.6 Å². The topological polar surface area (TPSA) is 49.8 Å². The second-order valence-electron chi connectivity index (χ2n) is 4.12. The third-order valence-corrected chi connectivity index (χ3v) is 2.79. The summed E-state index contributed by atoms with van der Waals surface area (Å²) < 4.78 is 32.6. The number of likely N-dealkylation sites (tertiary alicyclic amines) is 1. The van der Waals surface area contributed by atoms with Gasteiger partial charge in [0.05, 0.1) is 0 Å². The van der Waals surface area contributed by atoms with E-state index in [4.69, 9.17) is 9.84 Å². The predicted octanol–water partition coefficient (Wildman–Crippen LogP) is 2.80. The van der Waals surface area contributed by atoms with E-state index in [0.29, 0.717) is 4.90 Å². The standard InChI is InChI=1S/C12H13F2NO3/c13-12(14)7-4-8-15(11(16)17)10(12)18-9-5-2-1-3-6-9/h1-3,5-6,10H,4,7-8H2,(H,16,17). The molecule has 1 heterocycles. The number of para-hydroxylation sites is 1. The van der Waals surface area contributed by atoms with E-state index in [1.165, 1.54) is 12.1 Å². The fourth-order valence-electron chi connectivity index (χ4n) is 1.93. The summed E-state index contributed by atoms with van der Waals surface area (Å²) in [6.45, 7) is 0.0580. The molecule has 6 heteroatoms. The number of alkyl halides is 2. The molecule has 0 bridgehead atoms. The first-order chi connectivity index (χ1) is 8.50. The Labute approximate surface area is 103 Å². The third kappa shape index (κ3) is 2.52. The van der Waals surface area contributed by atoms with Crippen molar-refractivity contribution in [1.29, 1.82) is 0 Å². The fraction of sp³-hybridized carbons (Fsp3) is 0.417.